The second-order valence-electron chi connectivity index (χ2n) is 6.99. The van der Waals surface area contributed by atoms with Gasteiger partial charge in [0, 0.05) is 50.3 Å². The van der Waals surface area contributed by atoms with Crippen LogP contribution in [0, 0.1) is 12.8 Å². The van der Waals surface area contributed by atoms with E-state index in [9.17, 15) is 0 Å². The maximum atomic E-state index is 5.93. The van der Waals surface area contributed by atoms with E-state index in [1.165, 1.54) is 5.56 Å². The van der Waals surface area contributed by atoms with Crippen molar-refractivity contribution in [3.05, 3.63) is 41.6 Å². The molecule has 136 valence electrons. The van der Waals surface area contributed by atoms with E-state index in [2.05, 4.69) is 57.6 Å². The van der Waals surface area contributed by atoms with Crippen molar-refractivity contribution in [1.29, 1.82) is 0 Å². The fourth-order valence-electron chi connectivity index (χ4n) is 3.06. The minimum absolute atomic E-state index is 0.536. The van der Waals surface area contributed by atoms with Gasteiger partial charge in [-0.2, -0.15) is 5.10 Å². The van der Waals surface area contributed by atoms with Gasteiger partial charge < -0.3 is 20.3 Å². The molecule has 3 rings (SSSR count). The zero-order valence-electron chi connectivity index (χ0n) is 15.5. The molecular formula is C19H29N5O. The van der Waals surface area contributed by atoms with Gasteiger partial charge in [-0.25, -0.2) is 4.68 Å². The molecule has 1 aromatic carbocycles. The van der Waals surface area contributed by atoms with Crippen LogP contribution in [-0.2, 0) is 13.1 Å². The topological polar surface area (TPSA) is 54.4 Å². The van der Waals surface area contributed by atoms with Crippen LogP contribution in [0.2, 0.25) is 0 Å². The maximum Gasteiger partial charge on any atom is 0.124 e. The SMILES string of the molecule is Cc1cc2n(n1)CC(CNCc1ccccc1OCCN(C)C)CN2. The van der Waals surface area contributed by atoms with Crippen LogP contribution in [0.1, 0.15) is 11.3 Å². The summed E-state index contributed by atoms with van der Waals surface area (Å²) in [6.07, 6.45) is 0. The van der Waals surface area contributed by atoms with Gasteiger partial charge in [-0.3, -0.25) is 0 Å². The summed E-state index contributed by atoms with van der Waals surface area (Å²) in [6.45, 7) is 7.38. The second kappa shape index (κ2) is 8.36. The highest BCUT2D eigenvalue weighted by Gasteiger charge is 2.18. The first-order valence-electron chi connectivity index (χ1n) is 8.96. The predicted octanol–water partition coefficient (Wildman–Crippen LogP) is 1.96. The minimum atomic E-state index is 0.536. The van der Waals surface area contributed by atoms with E-state index >= 15 is 0 Å². The highest BCUT2D eigenvalue weighted by molar-refractivity contribution is 5.38. The van der Waals surface area contributed by atoms with E-state index in [0.717, 1.165) is 50.0 Å². The molecule has 1 atom stereocenters. The van der Waals surface area contributed by atoms with Crippen LogP contribution in [0.15, 0.2) is 30.3 Å². The summed E-state index contributed by atoms with van der Waals surface area (Å²) < 4.78 is 8.00. The molecule has 25 heavy (non-hydrogen) atoms. The molecule has 6 nitrogen and oxygen atoms in total. The van der Waals surface area contributed by atoms with Crippen LogP contribution < -0.4 is 15.4 Å². The fourth-order valence-corrected chi connectivity index (χ4v) is 3.06. The molecule has 0 saturated heterocycles. The number of aryl methyl sites for hydroxylation is 1. The summed E-state index contributed by atoms with van der Waals surface area (Å²) in [5, 5.41) is 11.6. The Labute approximate surface area is 150 Å². The average molecular weight is 343 g/mol. The molecular weight excluding hydrogens is 314 g/mol. The standard InChI is InChI=1S/C19H29N5O/c1-15-10-19-21-12-16(14-24(19)22-15)11-20-13-17-6-4-5-7-18(17)25-9-8-23(2)3/h4-7,10,16,20-21H,8-9,11-14H2,1-3H3. The van der Waals surface area contributed by atoms with E-state index in [1.54, 1.807) is 0 Å². The zero-order chi connectivity index (χ0) is 17.6. The number of fused-ring (bicyclic) bond motifs is 1. The largest absolute Gasteiger partial charge is 0.492 e. The molecule has 0 radical (unpaired) electrons. The molecule has 0 aliphatic carbocycles. The number of hydrogen-bond acceptors (Lipinski definition) is 5. The first-order chi connectivity index (χ1) is 12.1. The number of para-hydroxylation sites is 1. The van der Waals surface area contributed by atoms with Gasteiger partial charge in [-0.1, -0.05) is 18.2 Å². The van der Waals surface area contributed by atoms with Crippen molar-refractivity contribution in [3.8, 4) is 5.75 Å². The van der Waals surface area contributed by atoms with E-state index < -0.39 is 0 Å². The van der Waals surface area contributed by atoms with Gasteiger partial charge in [0.25, 0.3) is 0 Å². The van der Waals surface area contributed by atoms with Gasteiger partial charge >= 0.3 is 0 Å². The van der Waals surface area contributed by atoms with Crippen LogP contribution in [-0.4, -0.2) is 55.0 Å². The number of anilines is 1. The smallest absolute Gasteiger partial charge is 0.124 e. The molecule has 1 aliphatic rings. The first-order valence-corrected chi connectivity index (χ1v) is 8.96. The van der Waals surface area contributed by atoms with Gasteiger partial charge in [-0.05, 0) is 27.1 Å². The molecule has 1 aliphatic heterocycles. The Morgan fingerprint density at radius 1 is 1.36 bits per heavy atom. The molecule has 2 heterocycles. The molecule has 1 aromatic heterocycles. The number of rotatable bonds is 8. The zero-order valence-corrected chi connectivity index (χ0v) is 15.5. The maximum absolute atomic E-state index is 5.93. The van der Waals surface area contributed by atoms with E-state index in [0.29, 0.717) is 12.5 Å². The van der Waals surface area contributed by atoms with E-state index in [1.807, 2.05) is 19.1 Å². The Morgan fingerprint density at radius 2 is 2.20 bits per heavy atom. The van der Waals surface area contributed by atoms with Crippen molar-refractivity contribution in [2.45, 2.75) is 20.0 Å². The van der Waals surface area contributed by atoms with E-state index in [4.69, 9.17) is 4.74 Å². The number of likely N-dealkylation sites (N-methyl/N-ethyl adjacent to an activating group) is 1. The van der Waals surface area contributed by atoms with Crippen LogP contribution in [0.25, 0.3) is 0 Å². The highest BCUT2D eigenvalue weighted by Crippen LogP contribution is 2.20. The second-order valence-corrected chi connectivity index (χ2v) is 6.99. The van der Waals surface area contributed by atoms with Crippen LogP contribution in [0.4, 0.5) is 5.82 Å². The number of benzene rings is 1. The Morgan fingerprint density at radius 3 is 3.04 bits per heavy atom. The molecule has 2 N–H and O–H groups in total. The molecule has 0 saturated carbocycles. The Bertz CT molecular complexity index is 682. The monoisotopic (exact) mass is 343 g/mol. The average Bonchev–Trinajstić information content (AvgIpc) is 2.95. The van der Waals surface area contributed by atoms with Gasteiger partial charge in [-0.15, -0.1) is 0 Å². The van der Waals surface area contributed by atoms with Gasteiger partial charge in [0.1, 0.15) is 18.2 Å². The van der Waals surface area contributed by atoms with Crippen LogP contribution in [0.3, 0.4) is 0 Å². The van der Waals surface area contributed by atoms with Crippen molar-refractivity contribution in [1.82, 2.24) is 20.0 Å². The van der Waals surface area contributed by atoms with Crippen molar-refractivity contribution in [2.75, 3.05) is 45.7 Å². The summed E-state index contributed by atoms with van der Waals surface area (Å²) in [5.41, 5.74) is 2.28. The Kier molecular flexibility index (Phi) is 5.94. The normalized spacial score (nSPS) is 16.6. The Hall–Kier alpha value is -2.05. The number of nitrogens with zero attached hydrogens (tertiary/aromatic N) is 3. The van der Waals surface area contributed by atoms with Gasteiger partial charge in [0.2, 0.25) is 0 Å². The lowest BCUT2D eigenvalue weighted by molar-refractivity contribution is 0.259. The summed E-state index contributed by atoms with van der Waals surface area (Å²) in [4.78, 5) is 2.13. The fraction of sp³-hybridized carbons (Fsp3) is 0.526. The number of nitrogens with one attached hydrogen (secondary N) is 2. The number of ether oxygens (including phenoxy) is 1. The number of hydrogen-bond donors (Lipinski definition) is 2. The van der Waals surface area contributed by atoms with Crippen molar-refractivity contribution < 1.29 is 4.74 Å². The highest BCUT2D eigenvalue weighted by atomic mass is 16.5. The lowest BCUT2D eigenvalue weighted by Crippen LogP contribution is -2.35. The van der Waals surface area contributed by atoms with E-state index in [-0.39, 0.29) is 0 Å². The quantitative estimate of drug-likeness (QED) is 0.767. The molecule has 0 bridgehead atoms. The van der Waals surface area contributed by atoms with Gasteiger partial charge in [0.05, 0.1) is 5.69 Å². The van der Waals surface area contributed by atoms with Crippen LogP contribution >= 0.6 is 0 Å². The Balaban J connectivity index is 1.47. The minimum Gasteiger partial charge on any atom is -0.492 e. The summed E-state index contributed by atoms with van der Waals surface area (Å²) in [5.74, 6) is 2.64. The molecule has 0 spiro atoms. The van der Waals surface area contributed by atoms with Gasteiger partial charge in [0.15, 0.2) is 0 Å². The molecule has 6 heteroatoms. The predicted molar refractivity (Wildman–Crippen MR) is 101 cm³/mol. The third kappa shape index (κ3) is 4.96. The summed E-state index contributed by atoms with van der Waals surface area (Å²) in [6, 6.07) is 10.4. The van der Waals surface area contributed by atoms with Crippen LogP contribution in [0.5, 0.6) is 5.75 Å². The first kappa shape index (κ1) is 17.8. The summed E-state index contributed by atoms with van der Waals surface area (Å²) >= 11 is 0. The third-order valence-electron chi connectivity index (χ3n) is 4.42. The molecule has 1 unspecified atom stereocenters. The lowest BCUT2D eigenvalue weighted by atomic mass is 10.1. The lowest BCUT2D eigenvalue weighted by Gasteiger charge is -2.25. The van der Waals surface area contributed by atoms with Crippen molar-refractivity contribution >= 4 is 5.82 Å². The molecule has 2 aromatic rings. The number of aromatic nitrogens is 2. The third-order valence-corrected chi connectivity index (χ3v) is 4.42. The molecule has 0 amide bonds. The molecule has 0 fully saturated rings. The van der Waals surface area contributed by atoms with Crippen molar-refractivity contribution in [3.63, 3.8) is 0 Å². The summed E-state index contributed by atoms with van der Waals surface area (Å²) in [7, 11) is 4.11. The van der Waals surface area contributed by atoms with Crippen molar-refractivity contribution in [2.24, 2.45) is 5.92 Å².